The van der Waals surface area contributed by atoms with E-state index in [4.69, 9.17) is 0 Å². The first-order valence-corrected chi connectivity index (χ1v) is 6.51. The van der Waals surface area contributed by atoms with E-state index in [-0.39, 0.29) is 5.78 Å². The van der Waals surface area contributed by atoms with Crippen LogP contribution in [-0.4, -0.2) is 10.2 Å². The topological polar surface area (TPSA) is 30.0 Å². The number of rotatable bonds is 2. The van der Waals surface area contributed by atoms with Crippen LogP contribution in [0.3, 0.4) is 0 Å². The van der Waals surface area contributed by atoms with Gasteiger partial charge < -0.3 is 0 Å². The lowest BCUT2D eigenvalue weighted by Gasteiger charge is -2.01. The van der Waals surface area contributed by atoms with Crippen LogP contribution in [0.5, 0.6) is 0 Å². The van der Waals surface area contributed by atoms with Gasteiger partial charge in [0.05, 0.1) is 0 Å². The molecule has 0 saturated carbocycles. The third kappa shape index (κ3) is 2.35. The van der Waals surface area contributed by atoms with Crippen LogP contribution in [0.25, 0.3) is 0 Å². The van der Waals surface area contributed by atoms with Crippen molar-refractivity contribution < 1.29 is 4.79 Å². The molecular weight excluding hydrogens is 342 g/mol. The van der Waals surface area contributed by atoms with Crippen LogP contribution < -0.4 is 0 Å². The van der Waals surface area contributed by atoms with E-state index in [0.29, 0.717) is 11.3 Å². The zero-order valence-corrected chi connectivity index (χ0v) is 11.4. The molecule has 1 aromatic carbocycles. The molecule has 2 aromatic rings. The number of hydrogen-bond donors (Lipinski definition) is 0. The second-order valence-corrected chi connectivity index (χ2v) is 5.27. The van der Waals surface area contributed by atoms with E-state index in [2.05, 4.69) is 36.2 Å². The standard InChI is InChI=1S/C10H5Br2NOS/c11-6-1-2-7(8(12)5-6)10(14)9-3-4-15-13-9/h1-5H. The number of ketones is 1. The number of hydrogen-bond acceptors (Lipinski definition) is 3. The van der Waals surface area contributed by atoms with Crippen molar-refractivity contribution in [1.29, 1.82) is 0 Å². The molecule has 0 amide bonds. The Labute approximate surface area is 108 Å². The highest BCUT2D eigenvalue weighted by molar-refractivity contribution is 9.11. The van der Waals surface area contributed by atoms with Gasteiger partial charge in [-0.05, 0) is 51.7 Å². The molecule has 0 saturated heterocycles. The molecule has 1 aromatic heterocycles. The van der Waals surface area contributed by atoms with Crippen LogP contribution in [0.15, 0.2) is 38.6 Å². The average Bonchev–Trinajstić information content (AvgIpc) is 2.69. The summed E-state index contributed by atoms with van der Waals surface area (Å²) in [6.07, 6.45) is 0. The third-order valence-corrected chi connectivity index (χ3v) is 3.56. The molecule has 0 spiro atoms. The summed E-state index contributed by atoms with van der Waals surface area (Å²) in [6, 6.07) is 7.18. The molecule has 0 unspecified atom stereocenters. The Morgan fingerprint density at radius 1 is 1.27 bits per heavy atom. The predicted octanol–water partition coefficient (Wildman–Crippen LogP) is 3.90. The molecular formula is C10H5Br2NOS. The maximum Gasteiger partial charge on any atom is 0.213 e. The van der Waals surface area contributed by atoms with Gasteiger partial charge in [0.1, 0.15) is 5.69 Å². The van der Waals surface area contributed by atoms with Gasteiger partial charge in [0.25, 0.3) is 0 Å². The zero-order valence-electron chi connectivity index (χ0n) is 7.41. The Bertz CT molecular complexity index is 496. The predicted molar refractivity (Wildman–Crippen MR) is 67.4 cm³/mol. The summed E-state index contributed by atoms with van der Waals surface area (Å²) in [5.41, 5.74) is 1.12. The van der Waals surface area contributed by atoms with E-state index in [1.165, 1.54) is 11.5 Å². The van der Waals surface area contributed by atoms with Crippen molar-refractivity contribution in [3.8, 4) is 0 Å². The fourth-order valence-electron chi connectivity index (χ4n) is 1.14. The minimum absolute atomic E-state index is 0.0596. The molecule has 0 fully saturated rings. The fourth-order valence-corrected chi connectivity index (χ4v) is 2.88. The molecule has 76 valence electrons. The average molecular weight is 347 g/mol. The Hall–Kier alpha value is -0.520. The molecule has 15 heavy (non-hydrogen) atoms. The fraction of sp³-hybridized carbons (Fsp3) is 0. The summed E-state index contributed by atoms with van der Waals surface area (Å²) < 4.78 is 5.72. The summed E-state index contributed by atoms with van der Waals surface area (Å²) in [5, 5.41) is 1.79. The van der Waals surface area contributed by atoms with Gasteiger partial charge >= 0.3 is 0 Å². The summed E-state index contributed by atoms with van der Waals surface area (Å²) >= 11 is 7.97. The van der Waals surface area contributed by atoms with E-state index >= 15 is 0 Å². The molecule has 5 heteroatoms. The lowest BCUT2D eigenvalue weighted by Crippen LogP contribution is -2.02. The SMILES string of the molecule is O=C(c1ccsn1)c1ccc(Br)cc1Br. The van der Waals surface area contributed by atoms with Gasteiger partial charge in [-0.25, -0.2) is 0 Å². The van der Waals surface area contributed by atoms with Crippen molar-refractivity contribution in [2.24, 2.45) is 0 Å². The first-order chi connectivity index (χ1) is 7.18. The maximum atomic E-state index is 11.9. The molecule has 2 rings (SSSR count). The molecule has 0 aliphatic rings. The summed E-state index contributed by atoms with van der Waals surface area (Å²) in [4.78, 5) is 11.9. The zero-order chi connectivity index (χ0) is 10.8. The van der Waals surface area contributed by atoms with Crippen LogP contribution in [0, 0.1) is 0 Å². The van der Waals surface area contributed by atoms with Crippen molar-refractivity contribution in [3.63, 3.8) is 0 Å². The van der Waals surface area contributed by atoms with Gasteiger partial charge in [-0.15, -0.1) is 0 Å². The van der Waals surface area contributed by atoms with Crippen molar-refractivity contribution in [1.82, 2.24) is 4.37 Å². The smallest absolute Gasteiger partial charge is 0.213 e. The van der Waals surface area contributed by atoms with Crippen molar-refractivity contribution >= 4 is 49.2 Å². The minimum Gasteiger partial charge on any atom is -0.287 e. The molecule has 1 heterocycles. The van der Waals surface area contributed by atoms with Crippen molar-refractivity contribution in [3.05, 3.63) is 49.8 Å². The maximum absolute atomic E-state index is 11.9. The molecule has 0 N–H and O–H groups in total. The van der Waals surface area contributed by atoms with E-state index in [0.717, 1.165) is 8.95 Å². The number of halogens is 2. The first kappa shape index (κ1) is 11.0. The van der Waals surface area contributed by atoms with Crippen LogP contribution in [0.2, 0.25) is 0 Å². The highest BCUT2D eigenvalue weighted by atomic mass is 79.9. The second-order valence-electron chi connectivity index (χ2n) is 2.84. The van der Waals surface area contributed by atoms with Gasteiger partial charge in [0, 0.05) is 19.9 Å². The number of benzene rings is 1. The lowest BCUT2D eigenvalue weighted by molar-refractivity contribution is 0.103. The van der Waals surface area contributed by atoms with E-state index in [1.807, 2.05) is 12.1 Å². The number of aromatic nitrogens is 1. The van der Waals surface area contributed by atoms with Gasteiger partial charge in [0.2, 0.25) is 5.78 Å². The van der Waals surface area contributed by atoms with Crippen molar-refractivity contribution in [2.45, 2.75) is 0 Å². The summed E-state index contributed by atoms with van der Waals surface area (Å²) in [7, 11) is 0. The largest absolute Gasteiger partial charge is 0.287 e. The summed E-state index contributed by atoms with van der Waals surface area (Å²) in [6.45, 7) is 0. The van der Waals surface area contributed by atoms with Gasteiger partial charge in [-0.2, -0.15) is 4.37 Å². The molecule has 0 radical (unpaired) electrons. The van der Waals surface area contributed by atoms with Crippen molar-refractivity contribution in [2.75, 3.05) is 0 Å². The number of carbonyl (C=O) groups excluding carboxylic acids is 1. The van der Waals surface area contributed by atoms with Gasteiger partial charge in [0.15, 0.2) is 0 Å². The third-order valence-electron chi connectivity index (χ3n) is 1.85. The Balaban J connectivity index is 2.42. The second kappa shape index (κ2) is 4.55. The lowest BCUT2D eigenvalue weighted by atomic mass is 10.1. The highest BCUT2D eigenvalue weighted by Crippen LogP contribution is 2.24. The van der Waals surface area contributed by atoms with Crippen LogP contribution in [-0.2, 0) is 0 Å². The van der Waals surface area contributed by atoms with Crippen LogP contribution in [0.4, 0.5) is 0 Å². The van der Waals surface area contributed by atoms with Gasteiger partial charge in [-0.3, -0.25) is 4.79 Å². The van der Waals surface area contributed by atoms with E-state index in [9.17, 15) is 4.79 Å². The highest BCUT2D eigenvalue weighted by Gasteiger charge is 2.14. The Morgan fingerprint density at radius 2 is 2.07 bits per heavy atom. The van der Waals surface area contributed by atoms with Crippen LogP contribution in [0.1, 0.15) is 16.1 Å². The monoisotopic (exact) mass is 345 g/mol. The molecule has 2 nitrogen and oxygen atoms in total. The number of carbonyl (C=O) groups is 1. The van der Waals surface area contributed by atoms with E-state index in [1.54, 1.807) is 17.5 Å². The number of nitrogens with zero attached hydrogens (tertiary/aromatic N) is 1. The Kier molecular flexibility index (Phi) is 3.33. The quantitative estimate of drug-likeness (QED) is 0.772. The Morgan fingerprint density at radius 3 is 2.67 bits per heavy atom. The first-order valence-electron chi connectivity index (χ1n) is 4.08. The van der Waals surface area contributed by atoms with E-state index < -0.39 is 0 Å². The van der Waals surface area contributed by atoms with Crippen LogP contribution >= 0.6 is 43.4 Å². The molecule has 0 aliphatic carbocycles. The molecule has 0 atom stereocenters. The van der Waals surface area contributed by atoms with Gasteiger partial charge in [-0.1, -0.05) is 15.9 Å². The summed E-state index contributed by atoms with van der Waals surface area (Å²) in [5.74, 6) is -0.0596. The minimum atomic E-state index is -0.0596. The normalized spacial score (nSPS) is 10.3. The molecule has 0 bridgehead atoms. The molecule has 0 aliphatic heterocycles.